The minimum absolute atomic E-state index is 0.157. The summed E-state index contributed by atoms with van der Waals surface area (Å²) in [4.78, 5) is 22.4. The zero-order valence-electron chi connectivity index (χ0n) is 11.2. The molecule has 0 saturated heterocycles. The quantitative estimate of drug-likeness (QED) is 0.483. The molecule has 0 saturated carbocycles. The first-order valence-corrected chi connectivity index (χ1v) is 6.56. The molecule has 2 aromatic rings. The van der Waals surface area contributed by atoms with Gasteiger partial charge in [0.1, 0.15) is 11.7 Å². The lowest BCUT2D eigenvalue weighted by atomic mass is 10.1. The summed E-state index contributed by atoms with van der Waals surface area (Å²) >= 11 is 5.79. The van der Waals surface area contributed by atoms with Crippen LogP contribution in [0.4, 0.5) is 5.69 Å². The largest absolute Gasteiger partial charge is 0.454 e. The Morgan fingerprint density at radius 3 is 2.52 bits per heavy atom. The first kappa shape index (κ1) is 15.0. The molecule has 0 aliphatic rings. The number of nitro groups is 1. The normalized spacial score (nSPS) is 11.7. The average Bonchev–Trinajstić information content (AvgIpc) is 2.47. The molecule has 0 spiro atoms. The van der Waals surface area contributed by atoms with Gasteiger partial charge in [0.15, 0.2) is 0 Å². The van der Waals surface area contributed by atoms with Crippen molar-refractivity contribution in [3.63, 3.8) is 0 Å². The summed E-state index contributed by atoms with van der Waals surface area (Å²) in [6.07, 6.45) is -0.516. The van der Waals surface area contributed by atoms with E-state index < -0.39 is 17.0 Å². The van der Waals surface area contributed by atoms with E-state index in [1.54, 1.807) is 6.92 Å². The van der Waals surface area contributed by atoms with Crippen molar-refractivity contribution >= 4 is 23.3 Å². The second-order valence-electron chi connectivity index (χ2n) is 4.38. The monoisotopic (exact) mass is 305 g/mol. The molecule has 0 amide bonds. The SMILES string of the molecule is C[C@@H](OC(=O)c1cc(Cl)ccc1[N+](=O)[O-])c1ccccc1. The lowest BCUT2D eigenvalue weighted by molar-refractivity contribution is -0.385. The molecule has 21 heavy (non-hydrogen) atoms. The number of carbonyl (C=O) groups excluding carboxylic acids is 1. The molecule has 2 aromatic carbocycles. The Labute approximate surface area is 126 Å². The van der Waals surface area contributed by atoms with Crippen LogP contribution in [0.15, 0.2) is 48.5 Å². The second-order valence-corrected chi connectivity index (χ2v) is 4.81. The lowest BCUT2D eigenvalue weighted by Gasteiger charge is -2.13. The van der Waals surface area contributed by atoms with Crippen molar-refractivity contribution in [2.45, 2.75) is 13.0 Å². The summed E-state index contributed by atoms with van der Waals surface area (Å²) in [5, 5.41) is 11.2. The molecule has 0 aliphatic carbocycles. The minimum Gasteiger partial charge on any atom is -0.454 e. The number of nitrogens with zero attached hydrogens (tertiary/aromatic N) is 1. The molecule has 2 rings (SSSR count). The average molecular weight is 306 g/mol. The van der Waals surface area contributed by atoms with Gasteiger partial charge in [-0.25, -0.2) is 4.79 Å². The van der Waals surface area contributed by atoms with E-state index in [0.717, 1.165) is 5.56 Å². The predicted octanol–water partition coefficient (Wildman–Crippen LogP) is 4.17. The Bertz CT molecular complexity index is 673. The summed E-state index contributed by atoms with van der Waals surface area (Å²) in [5.74, 6) is -0.777. The number of esters is 1. The third kappa shape index (κ3) is 3.58. The highest BCUT2D eigenvalue weighted by molar-refractivity contribution is 6.31. The summed E-state index contributed by atoms with van der Waals surface area (Å²) < 4.78 is 5.27. The predicted molar refractivity (Wildman–Crippen MR) is 78.4 cm³/mol. The molecule has 108 valence electrons. The highest BCUT2D eigenvalue weighted by Gasteiger charge is 2.23. The molecule has 0 heterocycles. The van der Waals surface area contributed by atoms with Crippen LogP contribution in [0, 0.1) is 10.1 Å². The first-order valence-electron chi connectivity index (χ1n) is 6.19. The maximum absolute atomic E-state index is 12.1. The number of nitro benzene ring substituents is 1. The highest BCUT2D eigenvalue weighted by atomic mass is 35.5. The van der Waals surface area contributed by atoms with E-state index in [9.17, 15) is 14.9 Å². The van der Waals surface area contributed by atoms with Gasteiger partial charge in [0.05, 0.1) is 4.92 Å². The van der Waals surface area contributed by atoms with Crippen molar-refractivity contribution in [3.05, 3.63) is 74.8 Å². The van der Waals surface area contributed by atoms with Gasteiger partial charge in [-0.15, -0.1) is 0 Å². The van der Waals surface area contributed by atoms with E-state index in [-0.39, 0.29) is 16.3 Å². The van der Waals surface area contributed by atoms with Crippen molar-refractivity contribution in [1.82, 2.24) is 0 Å². The zero-order chi connectivity index (χ0) is 15.4. The standard InChI is InChI=1S/C15H12ClNO4/c1-10(11-5-3-2-4-6-11)21-15(18)13-9-12(16)7-8-14(13)17(19)20/h2-10H,1H3/t10-/m1/s1. The number of ether oxygens (including phenoxy) is 1. The van der Waals surface area contributed by atoms with Crippen LogP contribution in [0.1, 0.15) is 28.9 Å². The molecule has 0 fully saturated rings. The Hall–Kier alpha value is -2.40. The van der Waals surface area contributed by atoms with E-state index in [0.29, 0.717) is 0 Å². The van der Waals surface area contributed by atoms with Gasteiger partial charge in [-0.2, -0.15) is 0 Å². The van der Waals surface area contributed by atoms with Crippen LogP contribution >= 0.6 is 11.6 Å². The molecular formula is C15H12ClNO4. The number of carbonyl (C=O) groups is 1. The van der Waals surface area contributed by atoms with Crippen LogP contribution < -0.4 is 0 Å². The van der Waals surface area contributed by atoms with Gasteiger partial charge >= 0.3 is 5.97 Å². The number of hydrogen-bond acceptors (Lipinski definition) is 4. The fourth-order valence-electron chi connectivity index (χ4n) is 1.85. The zero-order valence-corrected chi connectivity index (χ0v) is 11.9. The maximum Gasteiger partial charge on any atom is 0.345 e. The van der Waals surface area contributed by atoms with Crippen LogP contribution in [0.5, 0.6) is 0 Å². The molecular weight excluding hydrogens is 294 g/mol. The molecule has 1 atom stereocenters. The van der Waals surface area contributed by atoms with Gasteiger partial charge in [-0.3, -0.25) is 10.1 Å². The fraction of sp³-hybridized carbons (Fsp3) is 0.133. The van der Waals surface area contributed by atoms with Crippen LogP contribution in [0.25, 0.3) is 0 Å². The number of benzene rings is 2. The van der Waals surface area contributed by atoms with Crippen LogP contribution in [0.3, 0.4) is 0 Å². The van der Waals surface area contributed by atoms with Gasteiger partial charge in [0, 0.05) is 11.1 Å². The van der Waals surface area contributed by atoms with Crippen molar-refractivity contribution in [3.8, 4) is 0 Å². The molecule has 0 radical (unpaired) electrons. The van der Waals surface area contributed by atoms with E-state index in [4.69, 9.17) is 16.3 Å². The number of halogens is 1. The topological polar surface area (TPSA) is 69.4 Å². The molecule has 6 heteroatoms. The fourth-order valence-corrected chi connectivity index (χ4v) is 2.02. The Morgan fingerprint density at radius 1 is 1.24 bits per heavy atom. The molecule has 5 nitrogen and oxygen atoms in total. The van der Waals surface area contributed by atoms with Gasteiger partial charge in [0.2, 0.25) is 0 Å². The smallest absolute Gasteiger partial charge is 0.345 e. The Kier molecular flexibility index (Phi) is 4.55. The molecule has 0 aromatic heterocycles. The summed E-state index contributed by atoms with van der Waals surface area (Å²) in [6, 6.07) is 12.9. The van der Waals surface area contributed by atoms with Crippen LogP contribution in [-0.4, -0.2) is 10.9 Å². The summed E-state index contributed by atoms with van der Waals surface area (Å²) in [7, 11) is 0. The second kappa shape index (κ2) is 6.37. The number of rotatable bonds is 4. The minimum atomic E-state index is -0.777. The van der Waals surface area contributed by atoms with Crippen molar-refractivity contribution in [1.29, 1.82) is 0 Å². The molecule has 0 N–H and O–H groups in total. The van der Waals surface area contributed by atoms with Crippen molar-refractivity contribution < 1.29 is 14.5 Å². The van der Waals surface area contributed by atoms with Crippen molar-refractivity contribution in [2.75, 3.05) is 0 Å². The number of hydrogen-bond donors (Lipinski definition) is 0. The third-order valence-electron chi connectivity index (χ3n) is 2.93. The van der Waals surface area contributed by atoms with Gasteiger partial charge in [-0.1, -0.05) is 41.9 Å². The maximum atomic E-state index is 12.1. The van der Waals surface area contributed by atoms with E-state index in [1.165, 1.54) is 18.2 Å². The molecule has 0 unspecified atom stereocenters. The molecule has 0 bridgehead atoms. The Balaban J connectivity index is 2.25. The van der Waals surface area contributed by atoms with Crippen LogP contribution in [-0.2, 0) is 4.74 Å². The van der Waals surface area contributed by atoms with E-state index in [2.05, 4.69) is 0 Å². The Morgan fingerprint density at radius 2 is 1.90 bits per heavy atom. The van der Waals surface area contributed by atoms with Crippen LogP contribution in [0.2, 0.25) is 5.02 Å². The first-order chi connectivity index (χ1) is 9.99. The lowest BCUT2D eigenvalue weighted by Crippen LogP contribution is -2.11. The van der Waals surface area contributed by atoms with E-state index >= 15 is 0 Å². The summed E-state index contributed by atoms with van der Waals surface area (Å²) in [6.45, 7) is 1.70. The van der Waals surface area contributed by atoms with Gasteiger partial charge < -0.3 is 4.74 Å². The third-order valence-corrected chi connectivity index (χ3v) is 3.16. The highest BCUT2D eigenvalue weighted by Crippen LogP contribution is 2.26. The van der Waals surface area contributed by atoms with E-state index in [1.807, 2.05) is 30.3 Å². The summed E-state index contributed by atoms with van der Waals surface area (Å²) in [5.41, 5.74) is 0.315. The van der Waals surface area contributed by atoms with Gasteiger partial charge in [-0.05, 0) is 24.6 Å². The molecule has 0 aliphatic heterocycles. The van der Waals surface area contributed by atoms with Crippen molar-refractivity contribution in [2.24, 2.45) is 0 Å². The van der Waals surface area contributed by atoms with Gasteiger partial charge in [0.25, 0.3) is 5.69 Å².